The molecule has 0 aromatic heterocycles. The van der Waals surface area contributed by atoms with Crippen molar-refractivity contribution in [2.24, 2.45) is 5.92 Å². The van der Waals surface area contributed by atoms with Crippen LogP contribution in [0.1, 0.15) is 19.8 Å². The smallest absolute Gasteiger partial charge is 0.0700 e. The normalized spacial score (nSPS) is 13.0. The van der Waals surface area contributed by atoms with Gasteiger partial charge in [0.2, 0.25) is 0 Å². The number of nitrogens with one attached hydrogen (secondary N) is 1. The van der Waals surface area contributed by atoms with Crippen LogP contribution in [0.4, 0.5) is 0 Å². The lowest BCUT2D eigenvalue weighted by Crippen LogP contribution is -2.23. The number of hydrogen-bond donors (Lipinski definition) is 1. The molecule has 15 heavy (non-hydrogen) atoms. The van der Waals surface area contributed by atoms with Gasteiger partial charge in [-0.05, 0) is 31.8 Å². The van der Waals surface area contributed by atoms with Crippen molar-refractivity contribution in [1.82, 2.24) is 5.32 Å². The third-order valence-electron chi connectivity index (χ3n) is 2.17. The molecule has 0 radical (unpaired) electrons. The van der Waals surface area contributed by atoms with Gasteiger partial charge in [0, 0.05) is 19.6 Å². The molecule has 1 N–H and O–H groups in total. The van der Waals surface area contributed by atoms with E-state index < -0.39 is 0 Å². The Morgan fingerprint density at radius 1 is 1.27 bits per heavy atom. The third kappa shape index (κ3) is 12.1. The fourth-order valence-corrected chi connectivity index (χ4v) is 1.55. The monoisotopic (exact) mass is 237 g/mol. The van der Waals surface area contributed by atoms with Crippen LogP contribution in [0.5, 0.6) is 0 Å². The fraction of sp³-hybridized carbons (Fsp3) is 1.00. The van der Waals surface area contributed by atoms with Gasteiger partial charge in [0.05, 0.1) is 13.2 Å². The van der Waals surface area contributed by atoms with Crippen molar-refractivity contribution in [3.63, 3.8) is 0 Å². The fourth-order valence-electron chi connectivity index (χ4n) is 1.18. The van der Waals surface area contributed by atoms with E-state index in [1.807, 2.05) is 0 Å². The second-order valence-corrected chi connectivity index (χ2v) is 4.12. The molecule has 4 heteroatoms. The molecular weight excluding hydrogens is 214 g/mol. The van der Waals surface area contributed by atoms with Gasteiger partial charge in [-0.1, -0.05) is 6.92 Å². The van der Waals surface area contributed by atoms with Crippen LogP contribution in [0.15, 0.2) is 0 Å². The van der Waals surface area contributed by atoms with Gasteiger partial charge < -0.3 is 14.8 Å². The molecule has 0 heterocycles. The maximum Gasteiger partial charge on any atom is 0.0700 e. The lowest BCUT2D eigenvalue weighted by atomic mass is 10.1. The topological polar surface area (TPSA) is 30.5 Å². The number of halogens is 1. The highest BCUT2D eigenvalue weighted by atomic mass is 35.5. The molecule has 0 saturated heterocycles. The average molecular weight is 238 g/mol. The van der Waals surface area contributed by atoms with E-state index in [9.17, 15) is 0 Å². The van der Waals surface area contributed by atoms with E-state index in [4.69, 9.17) is 21.1 Å². The summed E-state index contributed by atoms with van der Waals surface area (Å²) in [5.74, 6) is 1.42. The highest BCUT2D eigenvalue weighted by Gasteiger charge is 1.99. The van der Waals surface area contributed by atoms with Crippen LogP contribution < -0.4 is 5.32 Å². The van der Waals surface area contributed by atoms with Crippen molar-refractivity contribution in [3.05, 3.63) is 0 Å². The molecule has 0 fully saturated rings. The van der Waals surface area contributed by atoms with Crippen molar-refractivity contribution < 1.29 is 9.47 Å². The molecule has 0 rings (SSSR count). The van der Waals surface area contributed by atoms with Crippen LogP contribution >= 0.6 is 11.6 Å². The minimum Gasteiger partial charge on any atom is -0.382 e. The number of rotatable bonds is 11. The van der Waals surface area contributed by atoms with Gasteiger partial charge in [-0.25, -0.2) is 0 Å². The molecule has 0 bridgehead atoms. The Morgan fingerprint density at radius 2 is 2.07 bits per heavy atom. The van der Waals surface area contributed by atoms with Gasteiger partial charge in [0.15, 0.2) is 0 Å². The largest absolute Gasteiger partial charge is 0.382 e. The molecular formula is C11H24ClNO2. The van der Waals surface area contributed by atoms with Crippen molar-refractivity contribution in [2.75, 3.05) is 45.9 Å². The first kappa shape index (κ1) is 15.2. The van der Waals surface area contributed by atoms with Crippen molar-refractivity contribution in [3.8, 4) is 0 Å². The van der Waals surface area contributed by atoms with Crippen molar-refractivity contribution in [1.29, 1.82) is 0 Å². The molecule has 0 amide bonds. The quantitative estimate of drug-likeness (QED) is 0.440. The Bertz CT molecular complexity index is 125. The minimum absolute atomic E-state index is 0.664. The number of alkyl halides is 1. The van der Waals surface area contributed by atoms with Crippen LogP contribution in [-0.4, -0.2) is 45.9 Å². The van der Waals surface area contributed by atoms with Crippen LogP contribution in [0.3, 0.4) is 0 Å². The zero-order valence-corrected chi connectivity index (χ0v) is 10.7. The molecule has 1 atom stereocenters. The highest BCUT2D eigenvalue weighted by Crippen LogP contribution is 2.00. The van der Waals surface area contributed by atoms with E-state index in [1.54, 1.807) is 7.11 Å². The lowest BCUT2D eigenvalue weighted by Gasteiger charge is -2.10. The summed E-state index contributed by atoms with van der Waals surface area (Å²) in [4.78, 5) is 0. The van der Waals surface area contributed by atoms with E-state index in [2.05, 4.69) is 12.2 Å². The van der Waals surface area contributed by atoms with Gasteiger partial charge in [-0.15, -0.1) is 11.6 Å². The Morgan fingerprint density at radius 3 is 2.73 bits per heavy atom. The zero-order valence-electron chi connectivity index (χ0n) is 9.93. The molecule has 3 nitrogen and oxygen atoms in total. The minimum atomic E-state index is 0.664. The van der Waals surface area contributed by atoms with Gasteiger partial charge in [-0.2, -0.15) is 0 Å². The molecule has 0 saturated carbocycles. The number of ether oxygens (including phenoxy) is 2. The number of hydrogen-bond acceptors (Lipinski definition) is 3. The summed E-state index contributed by atoms with van der Waals surface area (Å²) < 4.78 is 10.2. The standard InChI is InChI=1S/C11H24ClNO2/c1-11(4-5-12)10-13-6-3-7-15-9-8-14-2/h11,13H,3-10H2,1-2H3. The molecule has 0 aliphatic rings. The maximum atomic E-state index is 5.65. The van der Waals surface area contributed by atoms with Gasteiger partial charge in [-0.3, -0.25) is 0 Å². The van der Waals surface area contributed by atoms with Gasteiger partial charge >= 0.3 is 0 Å². The molecule has 0 aliphatic carbocycles. The Kier molecular flexibility index (Phi) is 12.4. The summed E-state index contributed by atoms with van der Waals surface area (Å²) in [6.45, 7) is 6.45. The molecule has 0 aromatic rings. The molecule has 0 spiro atoms. The van der Waals surface area contributed by atoms with E-state index in [1.165, 1.54) is 0 Å². The summed E-state index contributed by atoms with van der Waals surface area (Å²) in [5, 5.41) is 3.39. The van der Waals surface area contributed by atoms with Gasteiger partial charge in [0.25, 0.3) is 0 Å². The Hall–Kier alpha value is 0.170. The molecule has 0 aromatic carbocycles. The third-order valence-corrected chi connectivity index (χ3v) is 2.39. The van der Waals surface area contributed by atoms with E-state index in [-0.39, 0.29) is 0 Å². The first-order valence-corrected chi connectivity index (χ1v) is 6.18. The summed E-state index contributed by atoms with van der Waals surface area (Å²) in [7, 11) is 1.68. The van der Waals surface area contributed by atoms with Crippen LogP contribution in [-0.2, 0) is 9.47 Å². The molecule has 0 aliphatic heterocycles. The highest BCUT2D eigenvalue weighted by molar-refractivity contribution is 6.17. The van der Waals surface area contributed by atoms with Gasteiger partial charge in [0.1, 0.15) is 0 Å². The van der Waals surface area contributed by atoms with Crippen LogP contribution in [0.2, 0.25) is 0 Å². The Labute approximate surface area is 98.5 Å². The molecule has 92 valence electrons. The second kappa shape index (κ2) is 12.2. The van der Waals surface area contributed by atoms with E-state index >= 15 is 0 Å². The summed E-state index contributed by atoms with van der Waals surface area (Å²) in [6.07, 6.45) is 2.14. The van der Waals surface area contributed by atoms with Crippen LogP contribution in [0.25, 0.3) is 0 Å². The second-order valence-electron chi connectivity index (χ2n) is 3.75. The van der Waals surface area contributed by atoms with E-state index in [0.29, 0.717) is 19.1 Å². The zero-order chi connectivity index (χ0) is 11.4. The van der Waals surface area contributed by atoms with Crippen LogP contribution in [0, 0.1) is 5.92 Å². The maximum absolute atomic E-state index is 5.65. The molecule has 1 unspecified atom stereocenters. The first-order chi connectivity index (χ1) is 7.31. The Balaban J connectivity index is 2.98. The predicted molar refractivity (Wildman–Crippen MR) is 64.7 cm³/mol. The van der Waals surface area contributed by atoms with Crippen molar-refractivity contribution >= 4 is 11.6 Å². The predicted octanol–water partition coefficient (Wildman–Crippen LogP) is 1.89. The average Bonchev–Trinajstić information content (AvgIpc) is 2.22. The SMILES string of the molecule is COCCOCCCNCC(C)CCCl. The van der Waals surface area contributed by atoms with Crippen molar-refractivity contribution in [2.45, 2.75) is 19.8 Å². The summed E-state index contributed by atoms with van der Waals surface area (Å²) >= 11 is 5.65. The summed E-state index contributed by atoms with van der Waals surface area (Å²) in [5.41, 5.74) is 0. The van der Waals surface area contributed by atoms with E-state index in [0.717, 1.165) is 38.4 Å². The first-order valence-electron chi connectivity index (χ1n) is 5.64. The summed E-state index contributed by atoms with van der Waals surface area (Å²) in [6, 6.07) is 0. The lowest BCUT2D eigenvalue weighted by molar-refractivity contribution is 0.0694. The number of methoxy groups -OCH3 is 1.